The van der Waals surface area contributed by atoms with Gasteiger partial charge in [-0.25, -0.2) is 5.48 Å². The summed E-state index contributed by atoms with van der Waals surface area (Å²) in [6.07, 6.45) is -0.00196. The quantitative estimate of drug-likeness (QED) is 0.332. The summed E-state index contributed by atoms with van der Waals surface area (Å²) in [5.74, 6) is -3.39. The number of carbonyl (C=O) groups is 3. The lowest BCUT2D eigenvalue weighted by Crippen LogP contribution is -2.62. The molecule has 0 bridgehead atoms. The van der Waals surface area contributed by atoms with Crippen LogP contribution in [0, 0.1) is 17.3 Å². The van der Waals surface area contributed by atoms with Crippen LogP contribution in [0.2, 0.25) is 0 Å². The third-order valence-electron chi connectivity index (χ3n) is 3.98. The second kappa shape index (κ2) is 8.43. The van der Waals surface area contributed by atoms with E-state index in [1.807, 2.05) is 0 Å². The van der Waals surface area contributed by atoms with Gasteiger partial charge in [0.1, 0.15) is 6.04 Å². The lowest BCUT2D eigenvalue weighted by atomic mass is 9.79. The van der Waals surface area contributed by atoms with Gasteiger partial charge in [-0.2, -0.15) is 0 Å². The van der Waals surface area contributed by atoms with Crippen LogP contribution in [0.1, 0.15) is 48.0 Å². The molecule has 24 heavy (non-hydrogen) atoms. The van der Waals surface area contributed by atoms with Crippen molar-refractivity contribution in [1.29, 1.82) is 0 Å². The number of likely N-dealkylation sites (N-methyl/N-ethyl adjacent to an activating group) is 1. The van der Waals surface area contributed by atoms with Crippen LogP contribution in [0.25, 0.3) is 0 Å². The van der Waals surface area contributed by atoms with Crippen molar-refractivity contribution < 1.29 is 24.7 Å². The average Bonchev–Trinajstić information content (AvgIpc) is 2.47. The summed E-state index contributed by atoms with van der Waals surface area (Å²) < 4.78 is 0. The molecule has 8 heteroatoms. The van der Waals surface area contributed by atoms with E-state index in [1.165, 1.54) is 19.5 Å². The second-order valence-electron chi connectivity index (χ2n) is 7.61. The molecule has 0 heterocycles. The molecule has 0 fully saturated rings. The standard InChI is InChI=1S/C16H31N3O5/c1-9(2)8-16(23,10(3)12(20)19-24)14(22)18-11(13(21)17-7)15(4,5)6/h9-11,23-24H,8H2,1-7H3,(H,17,21)(H,18,22)(H,19,20)/t10-,11-,16?/m1/s1. The summed E-state index contributed by atoms with van der Waals surface area (Å²) in [7, 11) is 1.45. The number of amides is 3. The minimum atomic E-state index is -2.06. The Morgan fingerprint density at radius 2 is 1.54 bits per heavy atom. The van der Waals surface area contributed by atoms with Crippen LogP contribution in [-0.4, -0.2) is 46.7 Å². The Morgan fingerprint density at radius 3 is 1.88 bits per heavy atom. The van der Waals surface area contributed by atoms with E-state index in [0.29, 0.717) is 0 Å². The molecule has 0 aliphatic carbocycles. The van der Waals surface area contributed by atoms with Gasteiger partial charge >= 0.3 is 0 Å². The molecule has 3 atom stereocenters. The average molecular weight is 345 g/mol. The van der Waals surface area contributed by atoms with E-state index in [1.54, 1.807) is 34.6 Å². The first-order chi connectivity index (χ1) is 10.8. The lowest BCUT2D eigenvalue weighted by molar-refractivity contribution is -0.159. The summed E-state index contributed by atoms with van der Waals surface area (Å²) in [6.45, 7) is 10.3. The Labute approximate surface area is 143 Å². The van der Waals surface area contributed by atoms with E-state index in [0.717, 1.165) is 0 Å². The van der Waals surface area contributed by atoms with E-state index in [4.69, 9.17) is 5.21 Å². The molecular weight excluding hydrogens is 314 g/mol. The SMILES string of the molecule is CNC(=O)[C@@H](NC(=O)C(O)(CC(C)C)[C@H](C)C(=O)NO)C(C)(C)C. The second-order valence-corrected chi connectivity index (χ2v) is 7.61. The minimum absolute atomic E-state index is 0.00196. The summed E-state index contributed by atoms with van der Waals surface area (Å²) in [5, 5.41) is 24.7. The first-order valence-corrected chi connectivity index (χ1v) is 8.00. The van der Waals surface area contributed by atoms with E-state index in [2.05, 4.69) is 10.6 Å². The van der Waals surface area contributed by atoms with Crippen molar-refractivity contribution in [2.75, 3.05) is 7.05 Å². The van der Waals surface area contributed by atoms with Crippen molar-refractivity contribution in [3.8, 4) is 0 Å². The number of rotatable bonds is 7. The molecule has 0 spiro atoms. The Bertz CT molecular complexity index is 473. The van der Waals surface area contributed by atoms with Gasteiger partial charge in [0, 0.05) is 7.05 Å². The van der Waals surface area contributed by atoms with Crippen molar-refractivity contribution >= 4 is 17.7 Å². The third kappa shape index (κ3) is 5.45. The van der Waals surface area contributed by atoms with Gasteiger partial charge in [-0.3, -0.25) is 19.6 Å². The van der Waals surface area contributed by atoms with Crippen LogP contribution in [0.3, 0.4) is 0 Å². The maximum atomic E-state index is 12.7. The summed E-state index contributed by atoms with van der Waals surface area (Å²) in [4.78, 5) is 36.6. The van der Waals surface area contributed by atoms with Gasteiger partial charge < -0.3 is 15.7 Å². The van der Waals surface area contributed by atoms with Crippen molar-refractivity contribution in [3.05, 3.63) is 0 Å². The number of hydroxylamine groups is 1. The first kappa shape index (κ1) is 22.3. The zero-order valence-electron chi connectivity index (χ0n) is 15.6. The van der Waals surface area contributed by atoms with Gasteiger partial charge in [0.2, 0.25) is 11.8 Å². The highest BCUT2D eigenvalue weighted by molar-refractivity contribution is 5.95. The van der Waals surface area contributed by atoms with Crippen LogP contribution in [0.4, 0.5) is 0 Å². The number of carbonyl (C=O) groups excluding carboxylic acids is 3. The molecular formula is C16H31N3O5. The Balaban J connectivity index is 5.67. The molecule has 8 nitrogen and oxygen atoms in total. The smallest absolute Gasteiger partial charge is 0.253 e. The fourth-order valence-electron chi connectivity index (χ4n) is 2.48. The lowest BCUT2D eigenvalue weighted by Gasteiger charge is -2.37. The number of hydrogen-bond acceptors (Lipinski definition) is 5. The normalized spacial score (nSPS) is 16.8. The van der Waals surface area contributed by atoms with Crippen molar-refractivity contribution in [1.82, 2.24) is 16.1 Å². The Kier molecular flexibility index (Phi) is 7.85. The maximum Gasteiger partial charge on any atom is 0.253 e. The summed E-state index contributed by atoms with van der Waals surface area (Å²) in [5.41, 5.74) is -1.20. The molecule has 0 aromatic rings. The predicted molar refractivity (Wildman–Crippen MR) is 89.0 cm³/mol. The number of nitrogens with one attached hydrogen (secondary N) is 3. The van der Waals surface area contributed by atoms with Gasteiger partial charge in [-0.05, 0) is 17.8 Å². The van der Waals surface area contributed by atoms with Gasteiger partial charge in [0.05, 0.1) is 5.92 Å². The van der Waals surface area contributed by atoms with E-state index in [9.17, 15) is 19.5 Å². The molecule has 0 saturated carbocycles. The van der Waals surface area contributed by atoms with Gasteiger partial charge in [-0.15, -0.1) is 0 Å². The molecule has 0 rings (SSSR count). The van der Waals surface area contributed by atoms with Crippen LogP contribution in [-0.2, 0) is 14.4 Å². The molecule has 0 aromatic heterocycles. The maximum absolute atomic E-state index is 12.7. The predicted octanol–water partition coefficient (Wildman–Crippen LogP) is 0.182. The first-order valence-electron chi connectivity index (χ1n) is 8.00. The number of aliphatic hydroxyl groups is 1. The van der Waals surface area contributed by atoms with Gasteiger partial charge in [0.15, 0.2) is 5.60 Å². The molecule has 0 aliphatic rings. The van der Waals surface area contributed by atoms with Crippen molar-refractivity contribution in [3.63, 3.8) is 0 Å². The molecule has 3 amide bonds. The zero-order valence-corrected chi connectivity index (χ0v) is 15.6. The van der Waals surface area contributed by atoms with E-state index >= 15 is 0 Å². The summed E-state index contributed by atoms with van der Waals surface area (Å²) in [6, 6.07) is -0.891. The molecule has 1 unspecified atom stereocenters. The largest absolute Gasteiger partial charge is 0.379 e. The third-order valence-corrected chi connectivity index (χ3v) is 3.98. The molecule has 5 N–H and O–H groups in total. The number of hydrogen-bond donors (Lipinski definition) is 5. The van der Waals surface area contributed by atoms with Gasteiger partial charge in [-0.1, -0.05) is 41.5 Å². The molecule has 0 radical (unpaired) electrons. The monoisotopic (exact) mass is 345 g/mol. The minimum Gasteiger partial charge on any atom is -0.379 e. The molecule has 0 aliphatic heterocycles. The summed E-state index contributed by atoms with van der Waals surface area (Å²) >= 11 is 0. The molecule has 0 aromatic carbocycles. The fourth-order valence-corrected chi connectivity index (χ4v) is 2.48. The fraction of sp³-hybridized carbons (Fsp3) is 0.812. The van der Waals surface area contributed by atoms with Crippen LogP contribution < -0.4 is 16.1 Å². The Hall–Kier alpha value is -1.67. The highest BCUT2D eigenvalue weighted by Gasteiger charge is 2.47. The van der Waals surface area contributed by atoms with Gasteiger partial charge in [0.25, 0.3) is 5.91 Å². The van der Waals surface area contributed by atoms with Crippen molar-refractivity contribution in [2.24, 2.45) is 17.3 Å². The van der Waals surface area contributed by atoms with Crippen molar-refractivity contribution in [2.45, 2.75) is 59.6 Å². The van der Waals surface area contributed by atoms with Crippen LogP contribution >= 0.6 is 0 Å². The molecule has 140 valence electrons. The zero-order chi connectivity index (χ0) is 19.3. The highest BCUT2D eigenvalue weighted by Crippen LogP contribution is 2.28. The topological polar surface area (TPSA) is 128 Å². The highest BCUT2D eigenvalue weighted by atomic mass is 16.5. The van der Waals surface area contributed by atoms with E-state index in [-0.39, 0.29) is 12.3 Å². The van der Waals surface area contributed by atoms with Crippen LogP contribution in [0.15, 0.2) is 0 Å². The van der Waals surface area contributed by atoms with Crippen LogP contribution in [0.5, 0.6) is 0 Å². The Morgan fingerprint density at radius 1 is 1.04 bits per heavy atom. The molecule has 0 saturated heterocycles. The van der Waals surface area contributed by atoms with E-state index < -0.39 is 40.7 Å².